The minimum atomic E-state index is -0.823. The minimum Gasteiger partial charge on any atom is -0.409 e. The summed E-state index contributed by atoms with van der Waals surface area (Å²) in [6.07, 6.45) is 0.514. The molecule has 0 amide bonds. The number of aliphatic hydroxyl groups excluding tert-OH is 2. The maximum Gasteiger partial charge on any atom is 0.170 e. The summed E-state index contributed by atoms with van der Waals surface area (Å²) in [6, 6.07) is 3.93. The van der Waals surface area contributed by atoms with Crippen LogP contribution in [0.2, 0.25) is 0 Å². The molecule has 1 rings (SSSR count). The summed E-state index contributed by atoms with van der Waals surface area (Å²) in [4.78, 5) is 0. The van der Waals surface area contributed by atoms with Crippen LogP contribution in [0.25, 0.3) is 0 Å². The fourth-order valence-electron chi connectivity index (χ4n) is 1.79. The molecule has 112 valence electrons. The molecule has 0 aliphatic rings. The van der Waals surface area contributed by atoms with E-state index in [1.807, 2.05) is 6.92 Å². The van der Waals surface area contributed by atoms with Crippen molar-refractivity contribution in [3.8, 4) is 0 Å². The zero-order chi connectivity index (χ0) is 15.2. The summed E-state index contributed by atoms with van der Waals surface area (Å²) >= 11 is 0. The van der Waals surface area contributed by atoms with Gasteiger partial charge in [0.05, 0.1) is 18.8 Å². The summed E-state index contributed by atoms with van der Waals surface area (Å²) in [6.45, 7) is 1.59. The molecule has 0 atom stereocenters. The normalized spacial score (nSPS) is 12.7. The van der Waals surface area contributed by atoms with Gasteiger partial charge in [0, 0.05) is 12.1 Å². The Labute approximate surface area is 116 Å². The summed E-state index contributed by atoms with van der Waals surface area (Å²) < 4.78 is 13.2. The molecule has 0 saturated heterocycles. The number of oxime groups is 1. The molecule has 1 aromatic rings. The second-order valence-electron chi connectivity index (χ2n) is 4.59. The van der Waals surface area contributed by atoms with Gasteiger partial charge in [-0.15, -0.1) is 0 Å². The molecular weight excluding hydrogens is 265 g/mol. The molecule has 0 heterocycles. The molecule has 7 heteroatoms. The average Bonchev–Trinajstić information content (AvgIpc) is 2.49. The highest BCUT2D eigenvalue weighted by molar-refractivity contribution is 5.98. The number of hydrogen-bond donors (Lipinski definition) is 5. The first-order valence-corrected chi connectivity index (χ1v) is 6.25. The molecule has 0 saturated carbocycles. The molecule has 1 aromatic carbocycles. The Kier molecular flexibility index (Phi) is 5.87. The predicted octanol–water partition coefficient (Wildman–Crippen LogP) is 0.143. The smallest absolute Gasteiger partial charge is 0.170 e. The Bertz CT molecular complexity index is 468. The third-order valence-electron chi connectivity index (χ3n) is 3.39. The van der Waals surface area contributed by atoms with Gasteiger partial charge in [-0.3, -0.25) is 0 Å². The van der Waals surface area contributed by atoms with E-state index in [0.29, 0.717) is 12.0 Å². The fraction of sp³-hybridized carbons (Fsp3) is 0.462. The van der Waals surface area contributed by atoms with Crippen LogP contribution in [0.3, 0.4) is 0 Å². The quantitative estimate of drug-likeness (QED) is 0.212. The first-order chi connectivity index (χ1) is 9.51. The molecule has 0 fully saturated rings. The first-order valence-electron chi connectivity index (χ1n) is 6.25. The topological polar surface area (TPSA) is 111 Å². The lowest BCUT2D eigenvalue weighted by Crippen LogP contribution is -2.50. The van der Waals surface area contributed by atoms with Gasteiger partial charge in [0.2, 0.25) is 0 Å². The number of aliphatic hydroxyl groups is 2. The molecule has 0 aliphatic carbocycles. The van der Waals surface area contributed by atoms with Crippen molar-refractivity contribution in [2.75, 3.05) is 13.2 Å². The van der Waals surface area contributed by atoms with Crippen molar-refractivity contribution in [2.45, 2.75) is 25.4 Å². The molecule has 6 nitrogen and oxygen atoms in total. The Balaban J connectivity index is 2.98. The van der Waals surface area contributed by atoms with Gasteiger partial charge in [-0.1, -0.05) is 18.1 Å². The summed E-state index contributed by atoms with van der Waals surface area (Å²) in [5.74, 6) is -0.696. The number of halogens is 1. The second-order valence-corrected chi connectivity index (χ2v) is 4.59. The van der Waals surface area contributed by atoms with Gasteiger partial charge in [-0.05, 0) is 24.1 Å². The SMILES string of the molecule is CCC(CO)(CO)NCc1ccc(F)cc1/C(N)=N/O. The van der Waals surface area contributed by atoms with Crippen LogP contribution in [0.15, 0.2) is 23.4 Å². The standard InChI is InChI=1S/C13H20FN3O3/c1-2-13(7-18,8-19)16-6-9-3-4-10(14)5-11(9)12(15)17-20/h3-5,16,18-20H,2,6-8H2,1H3,(H2,15,17). The molecule has 0 aliphatic heterocycles. The van der Waals surface area contributed by atoms with E-state index in [0.717, 1.165) is 6.07 Å². The highest BCUT2D eigenvalue weighted by Crippen LogP contribution is 2.15. The summed E-state index contributed by atoms with van der Waals surface area (Å²) in [5, 5.41) is 33.3. The van der Waals surface area contributed by atoms with Crippen molar-refractivity contribution in [1.82, 2.24) is 5.32 Å². The van der Waals surface area contributed by atoms with Crippen LogP contribution in [0.4, 0.5) is 4.39 Å². The number of amidine groups is 1. The van der Waals surface area contributed by atoms with Crippen LogP contribution in [-0.2, 0) is 6.54 Å². The molecule has 0 radical (unpaired) electrons. The van der Waals surface area contributed by atoms with Crippen molar-refractivity contribution >= 4 is 5.84 Å². The average molecular weight is 285 g/mol. The second kappa shape index (κ2) is 7.18. The number of rotatable bonds is 7. The van der Waals surface area contributed by atoms with Crippen molar-refractivity contribution < 1.29 is 19.8 Å². The summed E-state index contributed by atoms with van der Waals surface area (Å²) in [7, 11) is 0. The van der Waals surface area contributed by atoms with Gasteiger partial charge in [0.1, 0.15) is 5.82 Å². The molecule has 0 bridgehead atoms. The zero-order valence-electron chi connectivity index (χ0n) is 11.3. The number of nitrogens with one attached hydrogen (secondary N) is 1. The van der Waals surface area contributed by atoms with E-state index < -0.39 is 11.4 Å². The van der Waals surface area contributed by atoms with Crippen LogP contribution in [0.5, 0.6) is 0 Å². The van der Waals surface area contributed by atoms with Crippen molar-refractivity contribution in [2.24, 2.45) is 10.9 Å². The van der Waals surface area contributed by atoms with Crippen LogP contribution >= 0.6 is 0 Å². The maximum atomic E-state index is 13.2. The van der Waals surface area contributed by atoms with Gasteiger partial charge in [-0.25, -0.2) is 4.39 Å². The van der Waals surface area contributed by atoms with E-state index in [9.17, 15) is 14.6 Å². The highest BCUT2D eigenvalue weighted by atomic mass is 19.1. The molecule has 0 unspecified atom stereocenters. The van der Waals surface area contributed by atoms with Crippen molar-refractivity contribution in [3.05, 3.63) is 35.1 Å². The highest BCUT2D eigenvalue weighted by Gasteiger charge is 2.26. The van der Waals surface area contributed by atoms with Crippen LogP contribution in [0, 0.1) is 5.82 Å². The predicted molar refractivity (Wildman–Crippen MR) is 72.9 cm³/mol. The molecule has 0 spiro atoms. The maximum absolute atomic E-state index is 13.2. The zero-order valence-corrected chi connectivity index (χ0v) is 11.3. The van der Waals surface area contributed by atoms with Gasteiger partial charge in [-0.2, -0.15) is 0 Å². The molecule has 0 aromatic heterocycles. The van der Waals surface area contributed by atoms with Gasteiger partial charge >= 0.3 is 0 Å². The Morgan fingerprint density at radius 3 is 2.55 bits per heavy atom. The third-order valence-corrected chi connectivity index (χ3v) is 3.39. The van der Waals surface area contributed by atoms with E-state index in [1.54, 1.807) is 0 Å². The first kappa shape index (κ1) is 16.4. The van der Waals surface area contributed by atoms with Crippen LogP contribution < -0.4 is 11.1 Å². The van der Waals surface area contributed by atoms with E-state index in [1.165, 1.54) is 12.1 Å². The van der Waals surface area contributed by atoms with Gasteiger partial charge in [0.25, 0.3) is 0 Å². The number of nitrogens with two attached hydrogens (primary N) is 1. The van der Waals surface area contributed by atoms with E-state index in [2.05, 4.69) is 10.5 Å². The van der Waals surface area contributed by atoms with E-state index in [-0.39, 0.29) is 31.2 Å². The van der Waals surface area contributed by atoms with Crippen molar-refractivity contribution in [1.29, 1.82) is 0 Å². The summed E-state index contributed by atoms with van der Waals surface area (Å²) in [5.41, 5.74) is 5.55. The largest absolute Gasteiger partial charge is 0.409 e. The van der Waals surface area contributed by atoms with E-state index >= 15 is 0 Å². The minimum absolute atomic E-state index is 0.198. The number of nitrogens with zero attached hydrogens (tertiary/aromatic N) is 1. The van der Waals surface area contributed by atoms with Crippen LogP contribution in [-0.4, -0.2) is 40.0 Å². The van der Waals surface area contributed by atoms with E-state index in [4.69, 9.17) is 10.9 Å². The molecular formula is C13H20FN3O3. The van der Waals surface area contributed by atoms with Gasteiger partial charge < -0.3 is 26.5 Å². The fourth-order valence-corrected chi connectivity index (χ4v) is 1.79. The lowest BCUT2D eigenvalue weighted by molar-refractivity contribution is 0.0864. The Morgan fingerprint density at radius 2 is 2.05 bits per heavy atom. The monoisotopic (exact) mass is 285 g/mol. The number of hydrogen-bond acceptors (Lipinski definition) is 5. The third kappa shape index (κ3) is 3.66. The Morgan fingerprint density at radius 1 is 1.40 bits per heavy atom. The Hall–Kier alpha value is -1.70. The van der Waals surface area contributed by atoms with Gasteiger partial charge in [0.15, 0.2) is 5.84 Å². The number of benzene rings is 1. The molecule has 6 N–H and O–H groups in total. The lowest BCUT2D eigenvalue weighted by atomic mass is 9.97. The molecule has 20 heavy (non-hydrogen) atoms. The van der Waals surface area contributed by atoms with Crippen LogP contribution in [0.1, 0.15) is 24.5 Å². The van der Waals surface area contributed by atoms with Crippen molar-refractivity contribution in [3.63, 3.8) is 0 Å². The lowest BCUT2D eigenvalue weighted by Gasteiger charge is -2.30.